The lowest BCUT2D eigenvalue weighted by molar-refractivity contribution is 0.314. The van der Waals surface area contributed by atoms with Crippen molar-refractivity contribution < 1.29 is 9.47 Å². The van der Waals surface area contributed by atoms with E-state index in [2.05, 4.69) is 0 Å². The van der Waals surface area contributed by atoms with E-state index in [4.69, 9.17) is 9.47 Å². The van der Waals surface area contributed by atoms with Crippen LogP contribution in [0.5, 0.6) is 0 Å². The lowest BCUT2D eigenvalue weighted by Crippen LogP contribution is -2.34. The van der Waals surface area contributed by atoms with Gasteiger partial charge in [0.05, 0.1) is 26.3 Å². The summed E-state index contributed by atoms with van der Waals surface area (Å²) < 4.78 is 15.1. The Hall–Kier alpha value is -1.34. The van der Waals surface area contributed by atoms with Gasteiger partial charge < -0.3 is 9.47 Å². The van der Waals surface area contributed by atoms with E-state index in [1.807, 2.05) is 0 Å². The SMILES string of the molecule is O=c1n(C2CCCCC2)c(=O)n(CC2CO2)n1CC1CO1. The Bertz CT molecular complexity index is 584. The molecule has 116 valence electrons. The fourth-order valence-electron chi connectivity index (χ4n) is 3.27. The van der Waals surface area contributed by atoms with Crippen molar-refractivity contribution in [2.45, 2.75) is 63.4 Å². The molecule has 4 rings (SSSR count). The summed E-state index contributed by atoms with van der Waals surface area (Å²) in [6, 6.07) is 0.0616. The van der Waals surface area contributed by atoms with Crippen LogP contribution in [0.1, 0.15) is 38.1 Å². The van der Waals surface area contributed by atoms with Gasteiger partial charge >= 0.3 is 11.4 Å². The van der Waals surface area contributed by atoms with Gasteiger partial charge in [-0.05, 0) is 12.8 Å². The fraction of sp³-hybridized carbons (Fsp3) is 0.857. The zero-order valence-corrected chi connectivity index (χ0v) is 12.1. The molecule has 0 N–H and O–H groups in total. The lowest BCUT2D eigenvalue weighted by atomic mass is 9.95. The Morgan fingerprint density at radius 3 is 1.76 bits per heavy atom. The molecule has 3 heterocycles. The first-order chi connectivity index (χ1) is 10.2. The monoisotopic (exact) mass is 295 g/mol. The third kappa shape index (κ3) is 2.60. The Morgan fingerprint density at radius 2 is 1.33 bits per heavy atom. The van der Waals surface area contributed by atoms with Crippen LogP contribution in [0.15, 0.2) is 9.59 Å². The van der Waals surface area contributed by atoms with Crippen LogP contribution < -0.4 is 11.4 Å². The average molecular weight is 295 g/mol. The fourth-order valence-corrected chi connectivity index (χ4v) is 3.27. The molecule has 2 atom stereocenters. The summed E-state index contributed by atoms with van der Waals surface area (Å²) in [7, 11) is 0. The van der Waals surface area contributed by atoms with E-state index >= 15 is 0 Å². The molecule has 2 saturated heterocycles. The van der Waals surface area contributed by atoms with Gasteiger partial charge in [-0.2, -0.15) is 0 Å². The maximum absolute atomic E-state index is 12.7. The van der Waals surface area contributed by atoms with Crippen molar-refractivity contribution in [2.24, 2.45) is 0 Å². The zero-order chi connectivity index (χ0) is 14.4. The van der Waals surface area contributed by atoms with E-state index in [1.54, 1.807) is 9.36 Å². The van der Waals surface area contributed by atoms with Crippen LogP contribution in [0.2, 0.25) is 0 Å². The van der Waals surface area contributed by atoms with Gasteiger partial charge in [0.25, 0.3) is 0 Å². The Kier molecular flexibility index (Phi) is 3.26. The highest BCUT2D eigenvalue weighted by Crippen LogP contribution is 2.26. The van der Waals surface area contributed by atoms with Crippen molar-refractivity contribution in [3.8, 4) is 0 Å². The van der Waals surface area contributed by atoms with Gasteiger partial charge in [-0.3, -0.25) is 0 Å². The molecule has 7 heteroatoms. The second-order valence-electron chi connectivity index (χ2n) is 6.30. The largest absolute Gasteiger partial charge is 0.371 e. The number of hydrogen-bond acceptors (Lipinski definition) is 4. The molecule has 0 aromatic carbocycles. The van der Waals surface area contributed by atoms with Crippen LogP contribution in [0.3, 0.4) is 0 Å². The maximum atomic E-state index is 12.7. The van der Waals surface area contributed by atoms with Crippen molar-refractivity contribution in [3.05, 3.63) is 21.0 Å². The maximum Gasteiger partial charge on any atom is 0.347 e. The van der Waals surface area contributed by atoms with Crippen LogP contribution in [0.4, 0.5) is 0 Å². The van der Waals surface area contributed by atoms with Crippen molar-refractivity contribution in [1.82, 2.24) is 13.9 Å². The second-order valence-corrected chi connectivity index (χ2v) is 6.30. The summed E-state index contributed by atoms with van der Waals surface area (Å²) in [6.45, 7) is 2.30. The lowest BCUT2D eigenvalue weighted by Gasteiger charge is -2.20. The highest BCUT2D eigenvalue weighted by molar-refractivity contribution is 4.86. The average Bonchev–Trinajstić information content (AvgIpc) is 3.38. The van der Waals surface area contributed by atoms with E-state index in [9.17, 15) is 9.59 Å². The van der Waals surface area contributed by atoms with E-state index < -0.39 is 0 Å². The van der Waals surface area contributed by atoms with Crippen LogP contribution >= 0.6 is 0 Å². The zero-order valence-electron chi connectivity index (χ0n) is 12.1. The summed E-state index contributed by atoms with van der Waals surface area (Å²) in [6.07, 6.45) is 5.41. The van der Waals surface area contributed by atoms with Crippen molar-refractivity contribution >= 4 is 0 Å². The van der Waals surface area contributed by atoms with Gasteiger partial charge in [0.2, 0.25) is 0 Å². The first-order valence-electron chi connectivity index (χ1n) is 7.89. The molecule has 7 nitrogen and oxygen atoms in total. The minimum absolute atomic E-state index is 0.0616. The molecule has 21 heavy (non-hydrogen) atoms. The standard InChI is InChI=1S/C14H21N3O4/c18-13-15(6-11-8-20-11)16(7-12-9-21-12)14(19)17(13)10-4-2-1-3-5-10/h10-12H,1-9H2. The van der Waals surface area contributed by atoms with Crippen molar-refractivity contribution in [1.29, 1.82) is 0 Å². The highest BCUT2D eigenvalue weighted by atomic mass is 16.6. The number of ether oxygens (including phenoxy) is 2. The minimum atomic E-state index is -0.178. The Balaban J connectivity index is 1.72. The summed E-state index contributed by atoms with van der Waals surface area (Å²) in [5.74, 6) is 0. The molecule has 2 aliphatic heterocycles. The summed E-state index contributed by atoms with van der Waals surface area (Å²) in [5.41, 5.74) is -0.355. The smallest absolute Gasteiger partial charge is 0.347 e. The number of nitrogens with zero attached hydrogens (tertiary/aromatic N) is 3. The van der Waals surface area contributed by atoms with Crippen LogP contribution in [-0.4, -0.2) is 39.4 Å². The Morgan fingerprint density at radius 1 is 0.857 bits per heavy atom. The van der Waals surface area contributed by atoms with E-state index in [-0.39, 0.29) is 29.6 Å². The van der Waals surface area contributed by atoms with Crippen LogP contribution in [0.25, 0.3) is 0 Å². The van der Waals surface area contributed by atoms with E-state index in [0.29, 0.717) is 26.3 Å². The summed E-state index contributed by atoms with van der Waals surface area (Å²) >= 11 is 0. The normalized spacial score (nSPS) is 28.8. The van der Waals surface area contributed by atoms with Gasteiger partial charge in [0, 0.05) is 6.04 Å². The minimum Gasteiger partial charge on any atom is -0.371 e. The predicted molar refractivity (Wildman–Crippen MR) is 74.6 cm³/mol. The number of rotatable bonds is 5. The van der Waals surface area contributed by atoms with Gasteiger partial charge in [-0.15, -0.1) is 0 Å². The van der Waals surface area contributed by atoms with E-state index in [1.165, 1.54) is 11.0 Å². The molecule has 3 fully saturated rings. The van der Waals surface area contributed by atoms with Gasteiger partial charge in [0.15, 0.2) is 0 Å². The molecule has 1 aromatic rings. The first kappa shape index (κ1) is 13.3. The van der Waals surface area contributed by atoms with Crippen LogP contribution in [0, 0.1) is 0 Å². The third-order valence-electron chi connectivity index (χ3n) is 4.64. The second kappa shape index (κ2) is 5.14. The molecule has 1 aliphatic carbocycles. The first-order valence-corrected chi connectivity index (χ1v) is 7.89. The van der Waals surface area contributed by atoms with E-state index in [0.717, 1.165) is 25.7 Å². The molecule has 1 aromatic heterocycles. The van der Waals surface area contributed by atoms with Crippen molar-refractivity contribution in [3.63, 3.8) is 0 Å². The Labute approximate surface area is 122 Å². The molecule has 0 radical (unpaired) electrons. The molecule has 0 amide bonds. The van der Waals surface area contributed by atoms with Gasteiger partial charge in [-0.1, -0.05) is 19.3 Å². The third-order valence-corrected chi connectivity index (χ3v) is 4.64. The number of aromatic nitrogens is 3. The number of epoxide rings is 2. The molecular formula is C14H21N3O4. The summed E-state index contributed by atoms with van der Waals surface area (Å²) in [4.78, 5) is 25.4. The molecular weight excluding hydrogens is 274 g/mol. The van der Waals surface area contributed by atoms with Gasteiger partial charge in [0.1, 0.15) is 12.2 Å². The molecule has 3 aliphatic rings. The molecule has 0 spiro atoms. The molecule has 0 bridgehead atoms. The van der Waals surface area contributed by atoms with Gasteiger partial charge in [-0.25, -0.2) is 23.5 Å². The molecule has 2 unspecified atom stereocenters. The quantitative estimate of drug-likeness (QED) is 0.723. The van der Waals surface area contributed by atoms with Crippen molar-refractivity contribution in [2.75, 3.05) is 13.2 Å². The predicted octanol–water partition coefficient (Wildman–Crippen LogP) is 0.114. The summed E-state index contributed by atoms with van der Waals surface area (Å²) in [5, 5.41) is 0. The molecule has 1 saturated carbocycles. The van der Waals surface area contributed by atoms with Crippen LogP contribution in [-0.2, 0) is 22.6 Å². The topological polar surface area (TPSA) is 74.0 Å². The number of hydrogen-bond donors (Lipinski definition) is 0. The highest BCUT2D eigenvalue weighted by Gasteiger charge is 2.32.